The maximum atomic E-state index is 5.04. The van der Waals surface area contributed by atoms with Crippen molar-refractivity contribution >= 4 is 11.3 Å². The second-order valence-corrected chi connectivity index (χ2v) is 5.86. The summed E-state index contributed by atoms with van der Waals surface area (Å²) in [4.78, 5) is 5.62. The predicted molar refractivity (Wildman–Crippen MR) is 66.4 cm³/mol. The molecule has 86 valence electrons. The molecule has 0 atom stereocenters. The van der Waals surface area contributed by atoms with Crippen molar-refractivity contribution < 1.29 is 4.42 Å². The van der Waals surface area contributed by atoms with Crippen molar-refractivity contribution in [2.24, 2.45) is 0 Å². The Morgan fingerprint density at radius 1 is 1.44 bits per heavy atom. The van der Waals surface area contributed by atoms with Gasteiger partial charge in [-0.25, -0.2) is 4.98 Å². The van der Waals surface area contributed by atoms with Crippen LogP contribution in [0.5, 0.6) is 0 Å². The molecule has 16 heavy (non-hydrogen) atoms. The molecule has 0 saturated heterocycles. The van der Waals surface area contributed by atoms with E-state index in [4.69, 9.17) is 4.42 Å². The van der Waals surface area contributed by atoms with Crippen molar-refractivity contribution in [1.82, 2.24) is 10.3 Å². The highest BCUT2D eigenvalue weighted by molar-refractivity contribution is 7.15. The first-order chi connectivity index (χ1) is 7.54. The highest BCUT2D eigenvalue weighted by Gasteiger charge is 2.10. The van der Waals surface area contributed by atoms with Crippen LogP contribution in [0.3, 0.4) is 0 Å². The van der Waals surface area contributed by atoms with Crippen LogP contribution in [0.15, 0.2) is 29.2 Å². The summed E-state index contributed by atoms with van der Waals surface area (Å²) in [5.74, 6) is 0. The summed E-state index contributed by atoms with van der Waals surface area (Å²) < 4.78 is 5.04. The van der Waals surface area contributed by atoms with Crippen LogP contribution < -0.4 is 5.32 Å². The molecule has 0 aliphatic heterocycles. The Morgan fingerprint density at radius 3 is 2.88 bits per heavy atom. The van der Waals surface area contributed by atoms with Gasteiger partial charge in [0.05, 0.1) is 6.26 Å². The SMILES string of the molecule is CC(C)(C)NCc1cnc(-c2ccoc2)s1. The summed E-state index contributed by atoms with van der Waals surface area (Å²) in [5.41, 5.74) is 1.19. The second kappa shape index (κ2) is 4.39. The zero-order chi connectivity index (χ0) is 11.6. The third kappa shape index (κ3) is 2.93. The Bertz CT molecular complexity index is 440. The van der Waals surface area contributed by atoms with Gasteiger partial charge in [-0.2, -0.15) is 0 Å². The molecule has 0 bridgehead atoms. The first-order valence-corrected chi connectivity index (χ1v) is 6.08. The van der Waals surface area contributed by atoms with Gasteiger partial charge in [0.15, 0.2) is 0 Å². The molecule has 0 unspecified atom stereocenters. The van der Waals surface area contributed by atoms with Gasteiger partial charge in [0.1, 0.15) is 11.3 Å². The van der Waals surface area contributed by atoms with Crippen LogP contribution in [0, 0.1) is 0 Å². The Labute approximate surface area is 99.5 Å². The maximum absolute atomic E-state index is 5.04. The Morgan fingerprint density at radius 2 is 2.25 bits per heavy atom. The summed E-state index contributed by atoms with van der Waals surface area (Å²) in [6, 6.07) is 1.93. The van der Waals surface area contributed by atoms with Crippen molar-refractivity contribution in [3.8, 4) is 10.6 Å². The Hall–Kier alpha value is -1.13. The monoisotopic (exact) mass is 236 g/mol. The van der Waals surface area contributed by atoms with Crippen molar-refractivity contribution in [3.05, 3.63) is 29.7 Å². The van der Waals surface area contributed by atoms with Crippen LogP contribution in [-0.4, -0.2) is 10.5 Å². The van der Waals surface area contributed by atoms with Crippen LogP contribution in [0.25, 0.3) is 10.6 Å². The topological polar surface area (TPSA) is 38.1 Å². The van der Waals surface area contributed by atoms with E-state index in [9.17, 15) is 0 Å². The van der Waals surface area contributed by atoms with Crippen molar-refractivity contribution in [2.45, 2.75) is 32.9 Å². The predicted octanol–water partition coefficient (Wildman–Crippen LogP) is 3.29. The molecule has 0 radical (unpaired) electrons. The van der Waals surface area contributed by atoms with E-state index in [2.05, 4.69) is 31.1 Å². The van der Waals surface area contributed by atoms with Gasteiger partial charge in [0.25, 0.3) is 0 Å². The van der Waals surface area contributed by atoms with E-state index in [1.54, 1.807) is 23.9 Å². The lowest BCUT2D eigenvalue weighted by molar-refractivity contribution is 0.426. The highest BCUT2D eigenvalue weighted by Crippen LogP contribution is 2.25. The summed E-state index contributed by atoms with van der Waals surface area (Å²) in [6.45, 7) is 7.33. The highest BCUT2D eigenvalue weighted by atomic mass is 32.1. The van der Waals surface area contributed by atoms with E-state index in [1.807, 2.05) is 12.3 Å². The van der Waals surface area contributed by atoms with Gasteiger partial charge >= 0.3 is 0 Å². The van der Waals surface area contributed by atoms with E-state index in [0.29, 0.717) is 0 Å². The second-order valence-electron chi connectivity index (χ2n) is 4.75. The van der Waals surface area contributed by atoms with E-state index in [-0.39, 0.29) is 5.54 Å². The van der Waals surface area contributed by atoms with Gasteiger partial charge in [-0.1, -0.05) is 0 Å². The molecule has 0 aromatic carbocycles. The molecular weight excluding hydrogens is 220 g/mol. The normalized spacial score (nSPS) is 11.9. The molecule has 0 saturated carbocycles. The molecule has 0 aliphatic rings. The standard InChI is InChI=1S/C12H16N2OS/c1-12(2,3)14-7-10-6-13-11(16-10)9-4-5-15-8-9/h4-6,8,14H,7H2,1-3H3. The third-order valence-corrected chi connectivity index (χ3v) is 3.16. The van der Waals surface area contributed by atoms with Crippen molar-refractivity contribution in [2.75, 3.05) is 0 Å². The molecule has 0 fully saturated rings. The molecule has 0 spiro atoms. The van der Waals surface area contributed by atoms with Crippen LogP contribution in [0.4, 0.5) is 0 Å². The van der Waals surface area contributed by atoms with Gasteiger partial charge in [0, 0.05) is 28.7 Å². The number of rotatable bonds is 3. The molecule has 2 heterocycles. The minimum atomic E-state index is 0.139. The molecule has 4 heteroatoms. The molecule has 3 nitrogen and oxygen atoms in total. The van der Waals surface area contributed by atoms with Crippen molar-refractivity contribution in [1.29, 1.82) is 0 Å². The molecule has 0 aliphatic carbocycles. The lowest BCUT2D eigenvalue weighted by atomic mass is 10.1. The zero-order valence-corrected chi connectivity index (χ0v) is 10.6. The van der Waals surface area contributed by atoms with Gasteiger partial charge in [-0.15, -0.1) is 11.3 Å². The summed E-state index contributed by atoms with van der Waals surface area (Å²) in [5, 5.41) is 4.46. The fourth-order valence-corrected chi connectivity index (χ4v) is 2.10. The number of thiazole rings is 1. The van der Waals surface area contributed by atoms with E-state index in [1.165, 1.54) is 4.88 Å². The van der Waals surface area contributed by atoms with E-state index < -0.39 is 0 Å². The minimum absolute atomic E-state index is 0.139. The lowest BCUT2D eigenvalue weighted by Crippen LogP contribution is -2.34. The van der Waals surface area contributed by atoms with E-state index in [0.717, 1.165) is 17.1 Å². The van der Waals surface area contributed by atoms with Crippen LogP contribution >= 0.6 is 11.3 Å². The largest absolute Gasteiger partial charge is 0.472 e. The first kappa shape index (κ1) is 11.4. The molecule has 0 amide bonds. The van der Waals surface area contributed by atoms with Gasteiger partial charge in [0.2, 0.25) is 0 Å². The number of furan rings is 1. The molecule has 2 aromatic heterocycles. The van der Waals surface area contributed by atoms with Gasteiger partial charge in [-0.3, -0.25) is 0 Å². The average molecular weight is 236 g/mol. The number of nitrogens with one attached hydrogen (secondary N) is 1. The number of aromatic nitrogens is 1. The van der Waals surface area contributed by atoms with E-state index >= 15 is 0 Å². The number of hydrogen-bond donors (Lipinski definition) is 1. The first-order valence-electron chi connectivity index (χ1n) is 5.27. The fraction of sp³-hybridized carbons (Fsp3) is 0.417. The summed E-state index contributed by atoms with van der Waals surface area (Å²) >= 11 is 1.70. The van der Waals surface area contributed by atoms with Gasteiger partial charge in [-0.05, 0) is 26.8 Å². The van der Waals surface area contributed by atoms with Crippen LogP contribution in [-0.2, 0) is 6.54 Å². The van der Waals surface area contributed by atoms with Crippen molar-refractivity contribution in [3.63, 3.8) is 0 Å². The Kier molecular flexibility index (Phi) is 3.12. The fourth-order valence-electron chi connectivity index (χ4n) is 1.26. The van der Waals surface area contributed by atoms with Crippen LogP contribution in [0.1, 0.15) is 25.6 Å². The minimum Gasteiger partial charge on any atom is -0.472 e. The number of hydrogen-bond acceptors (Lipinski definition) is 4. The molecular formula is C12H16N2OS. The Balaban J connectivity index is 2.03. The molecule has 2 aromatic rings. The summed E-state index contributed by atoms with van der Waals surface area (Å²) in [7, 11) is 0. The van der Waals surface area contributed by atoms with Gasteiger partial charge < -0.3 is 9.73 Å². The quantitative estimate of drug-likeness (QED) is 0.888. The zero-order valence-electron chi connectivity index (χ0n) is 9.78. The average Bonchev–Trinajstić information content (AvgIpc) is 2.84. The smallest absolute Gasteiger partial charge is 0.126 e. The third-order valence-electron chi connectivity index (χ3n) is 2.11. The summed E-state index contributed by atoms with van der Waals surface area (Å²) in [6.07, 6.45) is 5.31. The maximum Gasteiger partial charge on any atom is 0.126 e. The molecule has 1 N–H and O–H groups in total. The number of nitrogens with zero attached hydrogens (tertiary/aromatic N) is 1. The lowest BCUT2D eigenvalue weighted by Gasteiger charge is -2.19. The van der Waals surface area contributed by atoms with Crippen LogP contribution in [0.2, 0.25) is 0 Å². The molecule has 2 rings (SSSR count).